The van der Waals surface area contributed by atoms with Crippen LogP contribution >= 0.6 is 0 Å². The maximum atomic E-state index is 10.4. The molecule has 2 atom stereocenters. The van der Waals surface area contributed by atoms with Crippen molar-refractivity contribution in [2.75, 3.05) is 0 Å². The summed E-state index contributed by atoms with van der Waals surface area (Å²) in [7, 11) is 0. The van der Waals surface area contributed by atoms with Crippen molar-refractivity contribution in [2.24, 2.45) is 0 Å². The Morgan fingerprint density at radius 3 is 1.11 bits per heavy atom. The molecular formula is C42H30N2O2. The van der Waals surface area contributed by atoms with E-state index in [1.165, 1.54) is 33.3 Å². The van der Waals surface area contributed by atoms with E-state index in [0.717, 1.165) is 33.5 Å². The second-order valence-corrected chi connectivity index (χ2v) is 12.0. The Balaban J connectivity index is 1.52. The van der Waals surface area contributed by atoms with Crippen LogP contribution in [0.5, 0.6) is 11.5 Å². The SMILES string of the molecule is Oc1ccc(C2c3c(n(-c4ccccc4)c4ccccc34)C(c3ccc(O)cc3)c3c2n(-c2ccccc2)c2ccccc32)cc1. The third-order valence-corrected chi connectivity index (χ3v) is 9.51. The molecule has 0 saturated heterocycles. The van der Waals surface area contributed by atoms with Gasteiger partial charge in [-0.05, 0) is 82.9 Å². The fraction of sp³-hybridized carbons (Fsp3) is 0.0476. The lowest BCUT2D eigenvalue weighted by molar-refractivity contribution is 0.474. The van der Waals surface area contributed by atoms with Gasteiger partial charge in [0, 0.05) is 33.5 Å². The number of benzene rings is 6. The molecule has 0 bridgehead atoms. The minimum atomic E-state index is -0.138. The van der Waals surface area contributed by atoms with E-state index in [1.807, 2.05) is 0 Å². The Kier molecular flexibility index (Phi) is 5.90. The number of phenols is 2. The van der Waals surface area contributed by atoms with Gasteiger partial charge in [0.25, 0.3) is 0 Å². The lowest BCUT2D eigenvalue weighted by atomic mass is 9.72. The van der Waals surface area contributed by atoms with Crippen LogP contribution < -0.4 is 0 Å². The van der Waals surface area contributed by atoms with Gasteiger partial charge in [0.1, 0.15) is 11.5 Å². The van der Waals surface area contributed by atoms with Crippen molar-refractivity contribution in [1.82, 2.24) is 9.13 Å². The average molecular weight is 595 g/mol. The first-order valence-electron chi connectivity index (χ1n) is 15.6. The maximum Gasteiger partial charge on any atom is 0.115 e. The van der Waals surface area contributed by atoms with Gasteiger partial charge in [-0.2, -0.15) is 0 Å². The monoisotopic (exact) mass is 594 g/mol. The molecule has 2 N–H and O–H groups in total. The second kappa shape index (κ2) is 10.3. The van der Waals surface area contributed by atoms with Crippen molar-refractivity contribution in [3.63, 3.8) is 0 Å². The summed E-state index contributed by atoms with van der Waals surface area (Å²) in [6.45, 7) is 0. The number of hydrogen-bond donors (Lipinski definition) is 2. The van der Waals surface area contributed by atoms with Crippen molar-refractivity contribution in [1.29, 1.82) is 0 Å². The van der Waals surface area contributed by atoms with Gasteiger partial charge in [0.2, 0.25) is 0 Å². The van der Waals surface area contributed by atoms with E-state index in [1.54, 1.807) is 24.3 Å². The molecule has 1 aliphatic carbocycles. The first-order valence-corrected chi connectivity index (χ1v) is 15.6. The normalized spacial score (nSPS) is 15.6. The molecule has 6 aromatic carbocycles. The van der Waals surface area contributed by atoms with Crippen molar-refractivity contribution in [2.45, 2.75) is 11.8 Å². The highest BCUT2D eigenvalue weighted by Gasteiger charge is 2.43. The van der Waals surface area contributed by atoms with E-state index in [0.29, 0.717) is 0 Å². The molecule has 2 unspecified atom stereocenters. The molecule has 8 aromatic rings. The van der Waals surface area contributed by atoms with Crippen molar-refractivity contribution < 1.29 is 10.2 Å². The van der Waals surface area contributed by atoms with Gasteiger partial charge in [0.05, 0.1) is 22.9 Å². The Labute approximate surface area is 266 Å². The zero-order valence-corrected chi connectivity index (χ0v) is 25.0. The molecule has 4 nitrogen and oxygen atoms in total. The lowest BCUT2D eigenvalue weighted by Gasteiger charge is -2.34. The zero-order valence-electron chi connectivity index (χ0n) is 25.0. The Morgan fingerprint density at radius 1 is 0.370 bits per heavy atom. The molecule has 0 fully saturated rings. The van der Waals surface area contributed by atoms with Crippen LogP contribution in [0.25, 0.3) is 33.2 Å². The smallest absolute Gasteiger partial charge is 0.115 e. The highest BCUT2D eigenvalue weighted by atomic mass is 16.3. The van der Waals surface area contributed by atoms with Crippen LogP contribution in [0.4, 0.5) is 0 Å². The van der Waals surface area contributed by atoms with Gasteiger partial charge in [-0.25, -0.2) is 0 Å². The molecule has 0 radical (unpaired) electrons. The van der Waals surface area contributed by atoms with Crippen LogP contribution in [0, 0.1) is 0 Å². The molecule has 4 heteroatoms. The van der Waals surface area contributed by atoms with E-state index >= 15 is 0 Å². The molecule has 1 aliphatic rings. The van der Waals surface area contributed by atoms with Crippen LogP contribution in [0.15, 0.2) is 158 Å². The molecule has 9 rings (SSSR count). The summed E-state index contributed by atoms with van der Waals surface area (Å²) in [6, 6.07) is 54.1. The molecule has 220 valence electrons. The summed E-state index contributed by atoms with van der Waals surface area (Å²) in [4.78, 5) is 0. The number of phenolic OH excluding ortho intramolecular Hbond substituents is 2. The lowest BCUT2D eigenvalue weighted by Crippen LogP contribution is -2.23. The predicted octanol–water partition coefficient (Wildman–Crippen LogP) is 9.66. The third-order valence-electron chi connectivity index (χ3n) is 9.51. The number of nitrogens with zero attached hydrogens (tertiary/aromatic N) is 2. The minimum Gasteiger partial charge on any atom is -0.508 e. The number of aromatic hydroxyl groups is 2. The highest BCUT2D eigenvalue weighted by Crippen LogP contribution is 2.56. The molecule has 0 spiro atoms. The molecule has 0 aliphatic heterocycles. The average Bonchev–Trinajstić information content (AvgIpc) is 3.63. The van der Waals surface area contributed by atoms with Gasteiger partial charge in [0.15, 0.2) is 0 Å². The number of fused-ring (bicyclic) bond motifs is 6. The van der Waals surface area contributed by atoms with E-state index < -0.39 is 0 Å². The van der Waals surface area contributed by atoms with Gasteiger partial charge in [-0.1, -0.05) is 97.1 Å². The molecule has 2 heterocycles. The number of aromatic nitrogens is 2. The van der Waals surface area contributed by atoms with Gasteiger partial charge in [-0.15, -0.1) is 0 Å². The Hall–Kier alpha value is -6.00. The zero-order chi connectivity index (χ0) is 30.8. The van der Waals surface area contributed by atoms with Gasteiger partial charge in [-0.3, -0.25) is 0 Å². The number of rotatable bonds is 4. The predicted molar refractivity (Wildman–Crippen MR) is 185 cm³/mol. The summed E-state index contributed by atoms with van der Waals surface area (Å²) in [6.07, 6.45) is 0. The Bertz CT molecular complexity index is 2200. The first-order chi connectivity index (χ1) is 22.7. The molecule has 0 saturated carbocycles. The highest BCUT2D eigenvalue weighted by molar-refractivity contribution is 5.96. The molecule has 2 aromatic heterocycles. The molecule has 46 heavy (non-hydrogen) atoms. The maximum absolute atomic E-state index is 10.4. The van der Waals surface area contributed by atoms with E-state index in [2.05, 4.69) is 143 Å². The van der Waals surface area contributed by atoms with Gasteiger partial charge >= 0.3 is 0 Å². The third kappa shape index (κ3) is 3.87. The van der Waals surface area contributed by atoms with E-state index in [9.17, 15) is 10.2 Å². The summed E-state index contributed by atoms with van der Waals surface area (Å²) in [5, 5.41) is 23.2. The topological polar surface area (TPSA) is 50.3 Å². The van der Waals surface area contributed by atoms with Crippen molar-refractivity contribution in [3.05, 3.63) is 191 Å². The summed E-state index contributed by atoms with van der Waals surface area (Å²) in [5.41, 5.74) is 11.6. The number of hydrogen-bond acceptors (Lipinski definition) is 2. The van der Waals surface area contributed by atoms with Crippen molar-refractivity contribution in [3.8, 4) is 22.9 Å². The largest absolute Gasteiger partial charge is 0.508 e. The first kappa shape index (κ1) is 26.4. The van der Waals surface area contributed by atoms with Crippen LogP contribution in [-0.2, 0) is 0 Å². The summed E-state index contributed by atoms with van der Waals surface area (Å²) < 4.78 is 4.88. The summed E-state index contributed by atoms with van der Waals surface area (Å²) in [5.74, 6) is 0.220. The van der Waals surface area contributed by atoms with Crippen LogP contribution in [-0.4, -0.2) is 19.3 Å². The Morgan fingerprint density at radius 2 is 0.717 bits per heavy atom. The van der Waals surface area contributed by atoms with Crippen molar-refractivity contribution >= 4 is 21.8 Å². The second-order valence-electron chi connectivity index (χ2n) is 12.0. The van der Waals surface area contributed by atoms with Crippen LogP contribution in [0.2, 0.25) is 0 Å². The quantitative estimate of drug-likeness (QED) is 0.213. The minimum absolute atomic E-state index is 0.138. The van der Waals surface area contributed by atoms with E-state index in [4.69, 9.17) is 0 Å². The fourth-order valence-electron chi connectivity index (χ4n) is 7.71. The van der Waals surface area contributed by atoms with Crippen LogP contribution in [0.3, 0.4) is 0 Å². The molecular weight excluding hydrogens is 564 g/mol. The summed E-state index contributed by atoms with van der Waals surface area (Å²) >= 11 is 0. The van der Waals surface area contributed by atoms with Gasteiger partial charge < -0.3 is 19.3 Å². The van der Waals surface area contributed by atoms with E-state index in [-0.39, 0.29) is 23.3 Å². The fourth-order valence-corrected chi connectivity index (χ4v) is 7.71. The standard InChI is InChI=1S/C42H30N2O2/c45-31-23-19-27(20-24-31)37-40-34-16-8-10-18-36(34)44(30-13-5-2-6-14-30)42(40)38(28-21-25-32(46)26-22-28)39-33-15-7-9-17-35(33)43(41(37)39)29-11-3-1-4-12-29/h1-26,37-38,45-46H. The molecule has 0 amide bonds. The van der Waals surface area contributed by atoms with Crippen LogP contribution in [0.1, 0.15) is 45.5 Å². The number of para-hydroxylation sites is 4.